The van der Waals surface area contributed by atoms with Gasteiger partial charge < -0.3 is 94.1 Å². The van der Waals surface area contributed by atoms with E-state index in [2.05, 4.69) is 0 Å². The van der Waals surface area contributed by atoms with Crippen LogP contribution in [-0.2, 0) is 23.7 Å². The van der Waals surface area contributed by atoms with Gasteiger partial charge in [0.25, 0.3) is 0 Å². The summed E-state index contributed by atoms with van der Waals surface area (Å²) in [5.74, 6) is -3.51. The number of aliphatic hydroxyl groups excluding tert-OH is 8. The fourth-order valence-corrected chi connectivity index (χ4v) is 6.26. The van der Waals surface area contributed by atoms with E-state index in [0.29, 0.717) is 0 Å². The van der Waals surface area contributed by atoms with Crippen molar-refractivity contribution in [1.29, 1.82) is 0 Å². The molecule has 0 amide bonds. The number of phenols is 4. The first-order chi connectivity index (χ1) is 25.0. The van der Waals surface area contributed by atoms with Gasteiger partial charge in [0.05, 0.1) is 18.8 Å². The minimum absolute atomic E-state index is 0.0642. The predicted molar refractivity (Wildman–Crippen MR) is 171 cm³/mol. The predicted octanol–water partition coefficient (Wildman–Crippen LogP) is -2.84. The molecule has 4 heterocycles. The molecule has 15 atom stereocenters. The van der Waals surface area contributed by atoms with Gasteiger partial charge in [-0.25, -0.2) is 0 Å². The first-order valence-corrected chi connectivity index (χ1v) is 16.4. The Bertz CT molecular complexity index is 1830. The van der Waals surface area contributed by atoms with Gasteiger partial charge in [0.2, 0.25) is 17.5 Å². The van der Waals surface area contributed by atoms with Gasteiger partial charge in [0, 0.05) is 17.7 Å². The molecule has 3 aliphatic heterocycles. The highest BCUT2D eigenvalue weighted by atomic mass is 16.7. The third-order valence-electron chi connectivity index (χ3n) is 9.36. The summed E-state index contributed by atoms with van der Waals surface area (Å²) in [4.78, 5) is 13.7. The summed E-state index contributed by atoms with van der Waals surface area (Å²) in [7, 11) is 0. The number of aliphatic hydroxyl groups is 8. The Morgan fingerprint density at radius 2 is 1.28 bits per heavy atom. The third-order valence-corrected chi connectivity index (χ3v) is 9.36. The lowest BCUT2D eigenvalue weighted by Crippen LogP contribution is -2.64. The summed E-state index contributed by atoms with van der Waals surface area (Å²) in [5, 5.41) is 125. The maximum absolute atomic E-state index is 13.7. The highest BCUT2D eigenvalue weighted by molar-refractivity contribution is 5.88. The Morgan fingerprint density at radius 1 is 0.642 bits per heavy atom. The first kappa shape index (κ1) is 38.8. The standard InChI is InChI=1S/C33H40O20/c1-9-19(38)23(42)25(44)32(49-9)52-29-20(39)10(2)48-31(27(29)46)47-8-17-21(40)24(43)26(45)33(51-17)53-30-22(41)18-15(37)6-12(34)7-16(18)50-28(30)11-3-4-13(35)14(36)5-11/h3-7,9-10,17,19-21,23-27,29,31-40,42-46H,8H2,1-2H3. The van der Waals surface area contributed by atoms with Crippen molar-refractivity contribution in [3.05, 3.63) is 40.6 Å². The van der Waals surface area contributed by atoms with Crippen molar-refractivity contribution >= 4 is 11.0 Å². The first-order valence-electron chi connectivity index (χ1n) is 16.4. The van der Waals surface area contributed by atoms with Crippen molar-refractivity contribution < 1.29 is 94.1 Å². The third kappa shape index (κ3) is 7.34. The van der Waals surface area contributed by atoms with E-state index in [1.54, 1.807) is 0 Å². The molecule has 292 valence electrons. The second kappa shape index (κ2) is 15.1. The second-order valence-corrected chi connectivity index (χ2v) is 13.1. The van der Waals surface area contributed by atoms with Crippen LogP contribution in [0.2, 0.25) is 0 Å². The van der Waals surface area contributed by atoms with Gasteiger partial charge >= 0.3 is 0 Å². The summed E-state index contributed by atoms with van der Waals surface area (Å²) in [6.07, 6.45) is -24.5. The molecule has 15 unspecified atom stereocenters. The minimum atomic E-state index is -2.03. The normalized spacial score (nSPS) is 37.8. The van der Waals surface area contributed by atoms with Crippen LogP contribution in [0.1, 0.15) is 13.8 Å². The van der Waals surface area contributed by atoms with Gasteiger partial charge in [0.1, 0.15) is 83.5 Å². The van der Waals surface area contributed by atoms with Gasteiger partial charge in [-0.15, -0.1) is 0 Å². The number of hydrogen-bond acceptors (Lipinski definition) is 20. The van der Waals surface area contributed by atoms with E-state index in [1.165, 1.54) is 19.9 Å². The number of rotatable bonds is 8. The molecule has 20 heteroatoms. The van der Waals surface area contributed by atoms with Crippen molar-refractivity contribution in [1.82, 2.24) is 0 Å². The van der Waals surface area contributed by atoms with Gasteiger partial charge in [-0.3, -0.25) is 4.79 Å². The molecule has 0 spiro atoms. The van der Waals surface area contributed by atoms with Crippen LogP contribution in [0.25, 0.3) is 22.3 Å². The molecule has 3 fully saturated rings. The molecule has 3 saturated heterocycles. The van der Waals surface area contributed by atoms with Gasteiger partial charge in [-0.05, 0) is 32.0 Å². The summed E-state index contributed by atoms with van der Waals surface area (Å²) in [5.41, 5.74) is -1.45. The lowest BCUT2D eigenvalue weighted by molar-refractivity contribution is -0.358. The number of benzene rings is 2. The van der Waals surface area contributed by atoms with Crippen molar-refractivity contribution in [2.75, 3.05) is 6.61 Å². The average molecular weight is 757 g/mol. The zero-order valence-electron chi connectivity index (χ0n) is 27.9. The largest absolute Gasteiger partial charge is 0.508 e. The molecule has 3 aliphatic rings. The highest BCUT2D eigenvalue weighted by Gasteiger charge is 2.51. The molecule has 12 N–H and O–H groups in total. The molecule has 0 bridgehead atoms. The lowest BCUT2D eigenvalue weighted by Gasteiger charge is -2.46. The van der Waals surface area contributed by atoms with Crippen LogP contribution < -0.4 is 10.2 Å². The van der Waals surface area contributed by atoms with E-state index in [4.69, 9.17) is 32.8 Å². The number of aromatic hydroxyl groups is 4. The molecule has 2 aromatic carbocycles. The zero-order valence-corrected chi connectivity index (χ0v) is 27.9. The zero-order chi connectivity index (χ0) is 38.6. The van der Waals surface area contributed by atoms with Gasteiger partial charge in [-0.1, -0.05) is 0 Å². The molecule has 0 saturated carbocycles. The fourth-order valence-electron chi connectivity index (χ4n) is 6.26. The fraction of sp³-hybridized carbons (Fsp3) is 0.545. The van der Waals surface area contributed by atoms with E-state index in [1.807, 2.05) is 0 Å². The summed E-state index contributed by atoms with van der Waals surface area (Å²) >= 11 is 0. The van der Waals surface area contributed by atoms with Crippen molar-refractivity contribution in [3.8, 4) is 40.1 Å². The molecule has 53 heavy (non-hydrogen) atoms. The van der Waals surface area contributed by atoms with Gasteiger partial charge in [0.15, 0.2) is 29.8 Å². The Labute approximate surface area is 298 Å². The molecule has 6 rings (SSSR count). The molecular formula is C33H40O20. The van der Waals surface area contributed by atoms with Crippen LogP contribution in [-0.4, -0.2) is 160 Å². The second-order valence-electron chi connectivity index (χ2n) is 13.1. The average Bonchev–Trinajstić information content (AvgIpc) is 3.11. The minimum Gasteiger partial charge on any atom is -0.508 e. The van der Waals surface area contributed by atoms with E-state index in [0.717, 1.165) is 24.3 Å². The maximum atomic E-state index is 13.7. The Kier molecular flexibility index (Phi) is 11.1. The summed E-state index contributed by atoms with van der Waals surface area (Å²) in [6.45, 7) is 2.11. The van der Waals surface area contributed by atoms with Crippen LogP contribution in [0.15, 0.2) is 39.5 Å². The van der Waals surface area contributed by atoms with Crippen LogP contribution in [0.5, 0.6) is 28.7 Å². The smallest absolute Gasteiger partial charge is 0.239 e. The summed E-state index contributed by atoms with van der Waals surface area (Å²) in [6, 6.07) is 5.15. The summed E-state index contributed by atoms with van der Waals surface area (Å²) < 4.78 is 39.5. The Morgan fingerprint density at radius 3 is 1.98 bits per heavy atom. The SMILES string of the molecule is CC1OC(OC2C(O)C(C)OC(OCC3OC(Oc4c(-c5ccc(O)c(O)c5)oc5cc(O)cc(O)c5c4=O)C(O)C(O)C3O)C2O)C(O)C(O)C1O. The molecule has 1 aromatic heterocycles. The van der Waals surface area contributed by atoms with Crippen LogP contribution in [0, 0.1) is 0 Å². The molecular weight excluding hydrogens is 716 g/mol. The molecule has 3 aromatic rings. The highest BCUT2D eigenvalue weighted by Crippen LogP contribution is 2.40. The molecule has 0 radical (unpaired) electrons. The topological polar surface area (TPSA) is 328 Å². The van der Waals surface area contributed by atoms with Crippen LogP contribution in [0.3, 0.4) is 0 Å². The van der Waals surface area contributed by atoms with E-state index < -0.39 is 144 Å². The Balaban J connectivity index is 1.23. The molecule has 20 nitrogen and oxygen atoms in total. The van der Waals surface area contributed by atoms with Gasteiger partial charge in [-0.2, -0.15) is 0 Å². The molecule has 0 aliphatic carbocycles. The van der Waals surface area contributed by atoms with E-state index in [9.17, 15) is 66.1 Å². The van der Waals surface area contributed by atoms with Crippen molar-refractivity contribution in [3.63, 3.8) is 0 Å². The number of ether oxygens (including phenoxy) is 6. The quantitative estimate of drug-likeness (QED) is 0.103. The lowest BCUT2D eigenvalue weighted by atomic mass is 9.97. The number of phenolic OH excluding ortho intramolecular Hbond substituents is 4. The van der Waals surface area contributed by atoms with Crippen molar-refractivity contribution in [2.24, 2.45) is 0 Å². The maximum Gasteiger partial charge on any atom is 0.239 e. The number of fused-ring (bicyclic) bond motifs is 1. The van der Waals surface area contributed by atoms with Crippen molar-refractivity contribution in [2.45, 2.75) is 106 Å². The number of hydrogen-bond donors (Lipinski definition) is 12. The Hall–Kier alpha value is -3.87. The van der Waals surface area contributed by atoms with Crippen LogP contribution in [0.4, 0.5) is 0 Å². The van der Waals surface area contributed by atoms with E-state index in [-0.39, 0.29) is 11.1 Å². The van der Waals surface area contributed by atoms with Crippen LogP contribution >= 0.6 is 0 Å². The van der Waals surface area contributed by atoms with E-state index >= 15 is 0 Å². The monoisotopic (exact) mass is 756 g/mol.